The number of benzene rings is 2. The molecular weight excluding hydrogens is 623 g/mol. The Labute approximate surface area is 257 Å². The van der Waals surface area contributed by atoms with Gasteiger partial charge in [0, 0.05) is 21.5 Å². The van der Waals surface area contributed by atoms with Crippen LogP contribution >= 0.6 is 46.3 Å². The molecule has 0 aliphatic heterocycles. The highest BCUT2D eigenvalue weighted by atomic mass is 35.5. The van der Waals surface area contributed by atoms with Gasteiger partial charge in [0.2, 0.25) is 5.16 Å². The zero-order valence-corrected chi connectivity index (χ0v) is 25.3. The van der Waals surface area contributed by atoms with Crippen LogP contribution in [0.1, 0.15) is 33.3 Å². The first-order valence-electron chi connectivity index (χ1n) is 12.1. The number of ether oxygens (including phenoxy) is 1. The summed E-state index contributed by atoms with van der Waals surface area (Å²) < 4.78 is 5.10. The van der Waals surface area contributed by atoms with Crippen LogP contribution < -0.4 is 5.32 Å². The van der Waals surface area contributed by atoms with Gasteiger partial charge in [-0.25, -0.2) is 9.78 Å². The number of nitriles is 1. The summed E-state index contributed by atoms with van der Waals surface area (Å²) in [5, 5.41) is 32.3. The highest BCUT2D eigenvalue weighted by molar-refractivity contribution is 7.99. The topological polar surface area (TPSA) is 164 Å². The minimum Gasteiger partial charge on any atom is -0.462 e. The fourth-order valence-electron chi connectivity index (χ4n) is 3.70. The number of carbonyl (C=O) groups is 2. The van der Waals surface area contributed by atoms with Crippen molar-refractivity contribution >= 4 is 74.9 Å². The molecule has 0 aliphatic carbocycles. The van der Waals surface area contributed by atoms with E-state index in [-0.39, 0.29) is 44.0 Å². The predicted octanol–water partition coefficient (Wildman–Crippen LogP) is 7.24. The van der Waals surface area contributed by atoms with Crippen LogP contribution in [0.3, 0.4) is 0 Å². The van der Waals surface area contributed by atoms with Crippen LogP contribution in [0.15, 0.2) is 52.0 Å². The van der Waals surface area contributed by atoms with Gasteiger partial charge < -0.3 is 10.1 Å². The molecule has 0 fully saturated rings. The van der Waals surface area contributed by atoms with E-state index in [1.54, 1.807) is 39.0 Å². The Hall–Kier alpha value is -4.22. The Morgan fingerprint density at radius 2 is 2.02 bits per heavy atom. The lowest BCUT2D eigenvalue weighted by atomic mass is 10.1. The van der Waals surface area contributed by atoms with E-state index in [0.717, 1.165) is 16.6 Å². The fraction of sp³-hybridized carbons (Fsp3) is 0.148. The van der Waals surface area contributed by atoms with E-state index in [2.05, 4.69) is 20.5 Å². The largest absolute Gasteiger partial charge is 0.462 e. The Balaban J connectivity index is 1.58. The third-order valence-electron chi connectivity index (χ3n) is 5.80. The second-order valence-electron chi connectivity index (χ2n) is 8.51. The smallest absolute Gasteiger partial charge is 0.341 e. The molecule has 0 saturated carbocycles. The van der Waals surface area contributed by atoms with Crippen molar-refractivity contribution < 1.29 is 19.2 Å². The number of H-pyrrole nitrogens is 1. The molecule has 42 heavy (non-hydrogen) atoms. The molecule has 11 nitrogen and oxygen atoms in total. The number of carbonyl (C=O) groups excluding carboxylic acids is 2. The number of aromatic amines is 1. The van der Waals surface area contributed by atoms with Crippen molar-refractivity contribution in [3.63, 3.8) is 0 Å². The summed E-state index contributed by atoms with van der Waals surface area (Å²) in [7, 11) is 0. The Bertz CT molecular complexity index is 1790. The average molecular weight is 644 g/mol. The van der Waals surface area contributed by atoms with Gasteiger partial charge in [0.1, 0.15) is 16.6 Å². The van der Waals surface area contributed by atoms with Crippen LogP contribution in [0.25, 0.3) is 17.5 Å². The normalized spacial score (nSPS) is 11.2. The van der Waals surface area contributed by atoms with E-state index in [1.165, 1.54) is 35.6 Å². The van der Waals surface area contributed by atoms with Crippen LogP contribution in [-0.4, -0.2) is 38.6 Å². The van der Waals surface area contributed by atoms with Crippen LogP contribution in [0.2, 0.25) is 10.0 Å². The molecule has 0 saturated heterocycles. The number of nitro groups is 1. The monoisotopic (exact) mass is 642 g/mol. The number of thiophene rings is 1. The molecule has 1 amide bonds. The Kier molecular flexibility index (Phi) is 9.64. The molecule has 0 unspecified atom stereocenters. The van der Waals surface area contributed by atoms with Crippen LogP contribution in [0.4, 0.5) is 10.7 Å². The van der Waals surface area contributed by atoms with Gasteiger partial charge in [-0.2, -0.15) is 5.26 Å². The number of aromatic nitrogens is 3. The molecule has 0 atom stereocenters. The van der Waals surface area contributed by atoms with E-state index in [9.17, 15) is 25.0 Å². The van der Waals surface area contributed by atoms with Gasteiger partial charge in [0.05, 0.1) is 27.0 Å². The lowest BCUT2D eigenvalue weighted by molar-refractivity contribution is -0.387. The number of hydrogen-bond acceptors (Lipinski definition) is 10. The second-order valence-corrected chi connectivity index (χ2v) is 11.6. The molecule has 2 heterocycles. The predicted molar refractivity (Wildman–Crippen MR) is 161 cm³/mol. The fourth-order valence-corrected chi connectivity index (χ4v) is 6.04. The number of nitro benzene ring substituents is 1. The Morgan fingerprint density at radius 1 is 1.26 bits per heavy atom. The van der Waals surface area contributed by atoms with E-state index < -0.39 is 16.8 Å². The Morgan fingerprint density at radius 3 is 2.69 bits per heavy atom. The molecule has 4 rings (SSSR count). The zero-order valence-electron chi connectivity index (χ0n) is 22.2. The van der Waals surface area contributed by atoms with Gasteiger partial charge in [-0.1, -0.05) is 29.3 Å². The number of aryl methyl sites for hydroxylation is 1. The first-order valence-corrected chi connectivity index (χ1v) is 14.5. The first-order chi connectivity index (χ1) is 20.0. The maximum atomic E-state index is 13.0. The summed E-state index contributed by atoms with van der Waals surface area (Å²) in [4.78, 5) is 42.1. The number of halogens is 2. The minimum atomic E-state index is -0.778. The molecule has 2 aromatic heterocycles. The van der Waals surface area contributed by atoms with Crippen LogP contribution in [-0.2, 0) is 9.53 Å². The molecule has 0 radical (unpaired) electrons. The maximum absolute atomic E-state index is 13.0. The van der Waals surface area contributed by atoms with Crippen LogP contribution in [0, 0.1) is 35.3 Å². The van der Waals surface area contributed by atoms with Gasteiger partial charge in [0.15, 0.2) is 5.82 Å². The summed E-state index contributed by atoms with van der Waals surface area (Å²) in [5.41, 5.74) is 1.08. The molecule has 15 heteroatoms. The number of nitrogens with zero attached hydrogens (tertiary/aromatic N) is 4. The zero-order chi connectivity index (χ0) is 30.6. The molecule has 0 bridgehead atoms. The van der Waals surface area contributed by atoms with E-state index >= 15 is 0 Å². The number of hydrogen-bond donors (Lipinski definition) is 2. The number of amides is 1. The van der Waals surface area contributed by atoms with Crippen molar-refractivity contribution in [2.24, 2.45) is 0 Å². The van der Waals surface area contributed by atoms with Crippen molar-refractivity contribution in [2.75, 3.05) is 11.9 Å². The molecule has 2 aromatic carbocycles. The molecule has 2 N–H and O–H groups in total. The van der Waals surface area contributed by atoms with Gasteiger partial charge in [-0.15, -0.1) is 16.4 Å². The summed E-state index contributed by atoms with van der Waals surface area (Å²) in [6.45, 7) is 5.36. The lowest BCUT2D eigenvalue weighted by Gasteiger charge is -2.07. The molecule has 4 aromatic rings. The molecule has 0 spiro atoms. The van der Waals surface area contributed by atoms with Gasteiger partial charge in [0.25, 0.3) is 11.6 Å². The SMILES string of the molecule is CCOC(=O)c1c(NC(=O)/C(C#N)=C\c2ccc(Sc3n[nH]c(-c4ccc(Cl)cc4Cl)n3)c([N+](=O)[O-])c2)sc(C)c1C. The third kappa shape index (κ3) is 6.80. The van der Waals surface area contributed by atoms with Gasteiger partial charge >= 0.3 is 5.97 Å². The van der Waals surface area contributed by atoms with Crippen LogP contribution in [0.5, 0.6) is 0 Å². The third-order valence-corrected chi connectivity index (χ3v) is 8.40. The summed E-state index contributed by atoms with van der Waals surface area (Å²) in [6, 6.07) is 10.9. The van der Waals surface area contributed by atoms with E-state index in [0.29, 0.717) is 27.0 Å². The lowest BCUT2D eigenvalue weighted by Crippen LogP contribution is -2.16. The number of esters is 1. The first kappa shape index (κ1) is 30.7. The van der Waals surface area contributed by atoms with Crippen molar-refractivity contribution in [1.29, 1.82) is 5.26 Å². The standard InChI is InChI=1S/C27H20Cl2N6O5S2/c1-4-40-26(37)22-13(2)14(3)41-25(22)32-24(36)16(12-30)9-15-5-8-21(20(10-15)35(38)39)42-27-31-23(33-34-27)18-7-6-17(28)11-19(18)29/h5-11H,4H2,1-3H3,(H,32,36)(H,31,33,34)/b16-9-. The van der Waals surface area contributed by atoms with Crippen molar-refractivity contribution in [2.45, 2.75) is 30.8 Å². The summed E-state index contributed by atoms with van der Waals surface area (Å²) in [6.07, 6.45) is 1.22. The average Bonchev–Trinajstić information content (AvgIpc) is 3.51. The molecule has 214 valence electrons. The quantitative estimate of drug-likeness (QED) is 0.0629. The maximum Gasteiger partial charge on any atom is 0.341 e. The molecular formula is C27H20Cl2N6O5S2. The van der Waals surface area contributed by atoms with Crippen molar-refractivity contribution in [3.8, 4) is 17.5 Å². The highest BCUT2D eigenvalue weighted by Crippen LogP contribution is 2.36. The number of anilines is 1. The number of rotatable bonds is 9. The van der Waals surface area contributed by atoms with Gasteiger partial charge in [-0.05, 0) is 74.0 Å². The van der Waals surface area contributed by atoms with Gasteiger partial charge in [-0.3, -0.25) is 20.0 Å². The van der Waals surface area contributed by atoms with E-state index in [1.807, 2.05) is 6.07 Å². The number of nitrogens with one attached hydrogen (secondary N) is 2. The van der Waals surface area contributed by atoms with Crippen molar-refractivity contribution in [3.05, 3.63) is 83.7 Å². The highest BCUT2D eigenvalue weighted by Gasteiger charge is 2.24. The van der Waals surface area contributed by atoms with Crippen molar-refractivity contribution in [1.82, 2.24) is 15.2 Å². The summed E-state index contributed by atoms with van der Waals surface area (Å²) >= 11 is 14.3. The molecule has 0 aliphatic rings. The second kappa shape index (κ2) is 13.2. The summed E-state index contributed by atoms with van der Waals surface area (Å²) in [5.74, 6) is -1.01. The van der Waals surface area contributed by atoms with E-state index in [4.69, 9.17) is 27.9 Å². The minimum absolute atomic E-state index is 0.158.